The largest absolute Gasteiger partial charge is 0.445 e. The third kappa shape index (κ3) is 5.91. The standard InChI is InChI=1S/C27H36N4O4.ClH/c1-17(32)21-7-6-8-22(21)25(34)31-15-13-30(14-16-31)20-11-9-19(10-12-20)28-24(33)23-18(2)35-26(29-23)27(3,4)5;/h9-12,21-22H,6-8,13-16H2,1-5H3,(H,28,33);1H/t21-,22?;/m1./s1. The quantitative estimate of drug-likeness (QED) is 0.623. The zero-order valence-electron chi connectivity index (χ0n) is 21.8. The number of hydrogen-bond donors (Lipinski definition) is 1. The van der Waals surface area contributed by atoms with E-state index in [-0.39, 0.29) is 47.3 Å². The minimum atomic E-state index is -0.294. The number of piperazine rings is 1. The lowest BCUT2D eigenvalue weighted by Crippen LogP contribution is -2.51. The van der Waals surface area contributed by atoms with Crippen molar-refractivity contribution in [1.82, 2.24) is 9.88 Å². The van der Waals surface area contributed by atoms with Gasteiger partial charge in [0.25, 0.3) is 5.91 Å². The number of carbonyl (C=O) groups is 3. The van der Waals surface area contributed by atoms with Crippen molar-refractivity contribution in [3.8, 4) is 0 Å². The van der Waals surface area contributed by atoms with Crippen molar-refractivity contribution < 1.29 is 18.8 Å². The molecular formula is C27H37ClN4O4. The number of halogens is 1. The molecule has 2 atom stereocenters. The van der Waals surface area contributed by atoms with Crippen molar-refractivity contribution in [2.45, 2.75) is 59.3 Å². The maximum atomic E-state index is 13.0. The van der Waals surface area contributed by atoms with E-state index in [0.717, 1.165) is 38.0 Å². The van der Waals surface area contributed by atoms with E-state index in [4.69, 9.17) is 4.42 Å². The van der Waals surface area contributed by atoms with E-state index < -0.39 is 0 Å². The molecule has 2 fully saturated rings. The van der Waals surface area contributed by atoms with Gasteiger partial charge < -0.3 is 19.5 Å². The van der Waals surface area contributed by atoms with Crippen LogP contribution in [0.2, 0.25) is 0 Å². The van der Waals surface area contributed by atoms with E-state index in [9.17, 15) is 14.4 Å². The maximum Gasteiger partial charge on any atom is 0.277 e. The summed E-state index contributed by atoms with van der Waals surface area (Å²) >= 11 is 0. The molecule has 8 nitrogen and oxygen atoms in total. The molecule has 2 heterocycles. The molecule has 9 heteroatoms. The first kappa shape index (κ1) is 27.7. The molecule has 0 radical (unpaired) electrons. The Morgan fingerprint density at radius 3 is 2.17 bits per heavy atom. The van der Waals surface area contributed by atoms with Crippen molar-refractivity contribution in [1.29, 1.82) is 0 Å². The summed E-state index contributed by atoms with van der Waals surface area (Å²) in [5.74, 6) is 0.774. The van der Waals surface area contributed by atoms with Crippen LogP contribution in [0.3, 0.4) is 0 Å². The van der Waals surface area contributed by atoms with Gasteiger partial charge >= 0.3 is 0 Å². The van der Waals surface area contributed by atoms with Crippen LogP contribution in [0.25, 0.3) is 0 Å². The van der Waals surface area contributed by atoms with Crippen LogP contribution < -0.4 is 10.2 Å². The molecule has 1 N–H and O–H groups in total. The molecule has 196 valence electrons. The first-order valence-electron chi connectivity index (χ1n) is 12.5. The first-order chi connectivity index (χ1) is 16.5. The predicted molar refractivity (Wildman–Crippen MR) is 142 cm³/mol. The van der Waals surface area contributed by atoms with E-state index in [1.54, 1.807) is 13.8 Å². The average molecular weight is 517 g/mol. The number of nitrogens with zero attached hydrogens (tertiary/aromatic N) is 3. The number of rotatable bonds is 5. The summed E-state index contributed by atoms with van der Waals surface area (Å²) in [7, 11) is 0. The number of aromatic nitrogens is 1. The lowest BCUT2D eigenvalue weighted by molar-refractivity contribution is -0.140. The molecule has 36 heavy (non-hydrogen) atoms. The van der Waals surface area contributed by atoms with Crippen LogP contribution in [-0.4, -0.2) is 53.7 Å². The second-order valence-electron chi connectivity index (χ2n) is 10.7. The minimum absolute atomic E-state index is 0. The molecule has 1 aliphatic carbocycles. The minimum Gasteiger partial charge on any atom is -0.445 e. The molecule has 2 aromatic rings. The van der Waals surface area contributed by atoms with Crippen LogP contribution in [-0.2, 0) is 15.0 Å². The molecular weight excluding hydrogens is 480 g/mol. The van der Waals surface area contributed by atoms with Gasteiger partial charge in [0.2, 0.25) is 11.8 Å². The van der Waals surface area contributed by atoms with Crippen molar-refractivity contribution in [3.05, 3.63) is 41.6 Å². The summed E-state index contributed by atoms with van der Waals surface area (Å²) in [6, 6.07) is 7.71. The molecule has 1 saturated carbocycles. The van der Waals surface area contributed by atoms with Crippen molar-refractivity contribution in [2.24, 2.45) is 11.8 Å². The Morgan fingerprint density at radius 1 is 1.00 bits per heavy atom. The summed E-state index contributed by atoms with van der Waals surface area (Å²) in [5.41, 5.74) is 1.76. The third-order valence-corrected chi connectivity index (χ3v) is 7.09. The van der Waals surface area contributed by atoms with Crippen molar-refractivity contribution in [2.75, 3.05) is 36.4 Å². The Morgan fingerprint density at radius 2 is 1.61 bits per heavy atom. The van der Waals surface area contributed by atoms with Crippen molar-refractivity contribution in [3.63, 3.8) is 0 Å². The molecule has 1 saturated heterocycles. The number of nitrogens with one attached hydrogen (secondary N) is 1. The summed E-state index contributed by atoms with van der Waals surface area (Å²) in [5, 5.41) is 2.90. The Hall–Kier alpha value is -2.87. The zero-order chi connectivity index (χ0) is 25.3. The van der Waals surface area contributed by atoms with Gasteiger partial charge in [0, 0.05) is 54.8 Å². The number of benzene rings is 1. The number of carbonyl (C=O) groups excluding carboxylic acids is 3. The first-order valence-corrected chi connectivity index (χ1v) is 12.5. The summed E-state index contributed by atoms with van der Waals surface area (Å²) in [6.45, 7) is 12.1. The Bertz CT molecular complexity index is 1100. The monoisotopic (exact) mass is 516 g/mol. The lowest BCUT2D eigenvalue weighted by Gasteiger charge is -2.37. The fourth-order valence-corrected chi connectivity index (χ4v) is 5.04. The van der Waals surface area contributed by atoms with E-state index in [2.05, 4.69) is 15.2 Å². The Balaban J connectivity index is 0.00000361. The maximum absolute atomic E-state index is 13.0. The fourth-order valence-electron chi connectivity index (χ4n) is 5.04. The highest BCUT2D eigenvalue weighted by Crippen LogP contribution is 2.34. The fraction of sp³-hybridized carbons (Fsp3) is 0.556. The predicted octanol–water partition coefficient (Wildman–Crippen LogP) is 4.61. The molecule has 2 amide bonds. The molecule has 4 rings (SSSR count). The zero-order valence-corrected chi connectivity index (χ0v) is 22.6. The van der Waals surface area contributed by atoms with E-state index in [0.29, 0.717) is 36.1 Å². The number of amides is 2. The number of Topliss-reactive ketones (excluding diaryl/α,β-unsaturated/α-hetero) is 1. The van der Waals surface area contributed by atoms with E-state index in [1.807, 2.05) is 49.9 Å². The van der Waals surface area contributed by atoms with Crippen LogP contribution in [0.15, 0.2) is 28.7 Å². The second-order valence-corrected chi connectivity index (χ2v) is 10.7. The van der Waals surface area contributed by atoms with Crippen LogP contribution in [0, 0.1) is 18.8 Å². The van der Waals surface area contributed by atoms with Crippen LogP contribution in [0.1, 0.15) is 69.1 Å². The van der Waals surface area contributed by atoms with Gasteiger partial charge in [0.1, 0.15) is 11.5 Å². The normalized spacial score (nSPS) is 20.1. The molecule has 1 unspecified atom stereocenters. The average Bonchev–Trinajstić information content (AvgIpc) is 3.46. The van der Waals surface area contributed by atoms with Gasteiger partial charge in [-0.15, -0.1) is 12.4 Å². The molecule has 1 aliphatic heterocycles. The van der Waals surface area contributed by atoms with Gasteiger partial charge in [-0.05, 0) is 51.0 Å². The number of ketones is 1. The van der Waals surface area contributed by atoms with Gasteiger partial charge in [-0.1, -0.05) is 27.2 Å². The van der Waals surface area contributed by atoms with Crippen LogP contribution in [0.5, 0.6) is 0 Å². The Labute approximate surface area is 219 Å². The van der Waals surface area contributed by atoms with Gasteiger partial charge in [0.15, 0.2) is 5.69 Å². The van der Waals surface area contributed by atoms with Crippen molar-refractivity contribution >= 4 is 41.4 Å². The van der Waals surface area contributed by atoms with Crippen LogP contribution in [0.4, 0.5) is 11.4 Å². The van der Waals surface area contributed by atoms with E-state index in [1.165, 1.54) is 0 Å². The smallest absolute Gasteiger partial charge is 0.277 e. The van der Waals surface area contributed by atoms with Gasteiger partial charge in [-0.3, -0.25) is 14.4 Å². The summed E-state index contributed by atoms with van der Waals surface area (Å²) in [6.07, 6.45) is 2.61. The highest BCUT2D eigenvalue weighted by atomic mass is 35.5. The summed E-state index contributed by atoms with van der Waals surface area (Å²) in [4.78, 5) is 46.2. The van der Waals surface area contributed by atoms with E-state index >= 15 is 0 Å². The topological polar surface area (TPSA) is 95.8 Å². The molecule has 0 spiro atoms. The molecule has 2 aliphatic rings. The molecule has 1 aromatic carbocycles. The number of anilines is 2. The highest BCUT2D eigenvalue weighted by Gasteiger charge is 2.38. The number of oxazole rings is 1. The van der Waals surface area contributed by atoms with Crippen LogP contribution >= 0.6 is 12.4 Å². The summed E-state index contributed by atoms with van der Waals surface area (Å²) < 4.78 is 5.69. The van der Waals surface area contributed by atoms with Gasteiger partial charge in [-0.25, -0.2) is 4.98 Å². The molecule has 0 bridgehead atoms. The SMILES string of the molecule is CC(=O)[C@H]1CCCC1C(=O)N1CCN(c2ccc(NC(=O)c3nc(C(C)(C)C)oc3C)cc2)CC1.Cl. The highest BCUT2D eigenvalue weighted by molar-refractivity contribution is 6.03. The number of hydrogen-bond acceptors (Lipinski definition) is 6. The Kier molecular flexibility index (Phi) is 8.49. The van der Waals surface area contributed by atoms with Gasteiger partial charge in [-0.2, -0.15) is 0 Å². The molecule has 1 aromatic heterocycles. The third-order valence-electron chi connectivity index (χ3n) is 7.09. The van der Waals surface area contributed by atoms with Gasteiger partial charge in [0.05, 0.1) is 0 Å². The second kappa shape index (κ2) is 11.0. The number of aryl methyl sites for hydroxylation is 1. The lowest BCUT2D eigenvalue weighted by atomic mass is 9.91.